The summed E-state index contributed by atoms with van der Waals surface area (Å²) in [5.74, 6) is 0. The predicted molar refractivity (Wildman–Crippen MR) is 102 cm³/mol. The van der Waals surface area contributed by atoms with Crippen LogP contribution in [0.15, 0.2) is 34.4 Å². The molecule has 0 aromatic rings. The molecule has 6 nitrogen and oxygen atoms in total. The van der Waals surface area contributed by atoms with Gasteiger partial charge in [-0.2, -0.15) is 37.5 Å². The van der Waals surface area contributed by atoms with Crippen LogP contribution < -0.4 is 0 Å². The van der Waals surface area contributed by atoms with Crippen LogP contribution in [0.25, 0.3) is 0 Å². The molecule has 0 unspecified atom stereocenters. The third-order valence-electron chi connectivity index (χ3n) is 3.39. The fourth-order valence-electron chi connectivity index (χ4n) is 1.77. The molecule has 2 rings (SSSR count). The van der Waals surface area contributed by atoms with Crippen LogP contribution in [0.5, 0.6) is 0 Å². The molecule has 33 heavy (non-hydrogen) atoms. The maximum atomic E-state index is 10.7. The van der Waals surface area contributed by atoms with E-state index >= 15 is 0 Å². The molecule has 0 fully saturated rings. The second-order valence-electron chi connectivity index (χ2n) is 6.18. The Morgan fingerprint density at radius 2 is 0.970 bits per heavy atom. The van der Waals surface area contributed by atoms with E-state index in [9.17, 15) is 26.3 Å². The second-order valence-corrected chi connectivity index (χ2v) is 8.93. The quantitative estimate of drug-likeness (QED) is 0.189. The monoisotopic (exact) mass is 602 g/mol. The molecule has 0 saturated heterocycles. The number of hydrogen-bond acceptors (Lipinski definition) is 6. The molecule has 0 radical (unpaired) electrons. The van der Waals surface area contributed by atoms with E-state index in [0.717, 1.165) is 25.7 Å². The summed E-state index contributed by atoms with van der Waals surface area (Å²) in [7, 11) is -12.2. The van der Waals surface area contributed by atoms with Gasteiger partial charge < -0.3 is 9.11 Å². The van der Waals surface area contributed by atoms with Gasteiger partial charge in [-0.1, -0.05) is 53.4 Å². The zero-order valence-corrected chi connectivity index (χ0v) is 22.1. The summed E-state index contributed by atoms with van der Waals surface area (Å²) in [5, 5.41) is 0. The van der Waals surface area contributed by atoms with Gasteiger partial charge in [-0.15, -0.1) is 0 Å². The molecule has 0 spiro atoms. The van der Waals surface area contributed by atoms with Gasteiger partial charge in [-0.3, -0.25) is 0 Å². The van der Waals surface area contributed by atoms with Crippen molar-refractivity contribution in [3.63, 3.8) is 0 Å². The Morgan fingerprint density at radius 1 is 0.758 bits per heavy atom. The molecule has 0 heterocycles. The first kappa shape index (κ1) is 36.8. The Labute approximate surface area is 209 Å². The maximum Gasteiger partial charge on any atom is 4.00 e. The van der Waals surface area contributed by atoms with Crippen LogP contribution in [0.1, 0.15) is 53.4 Å². The normalized spacial score (nSPS) is 15.6. The van der Waals surface area contributed by atoms with Crippen molar-refractivity contribution in [1.29, 1.82) is 0 Å². The van der Waals surface area contributed by atoms with E-state index < -0.39 is 31.3 Å². The van der Waals surface area contributed by atoms with Crippen LogP contribution in [-0.2, 0) is 46.4 Å². The standard InChI is InChI=1S/2C8H11.2CHF3O3S.Zr/c2*1-3-8-5-4-7(2)6-8;2*2-1(3,4)8(5,6)7;/h2*5H,3-4H2,1-2H3;2*(H,5,6,7);/q2*-1;;;+4/p-2. The van der Waals surface area contributed by atoms with Crippen molar-refractivity contribution in [1.82, 2.24) is 0 Å². The average molecular weight is 604 g/mol. The topological polar surface area (TPSA) is 114 Å². The van der Waals surface area contributed by atoms with Crippen molar-refractivity contribution in [2.24, 2.45) is 0 Å². The van der Waals surface area contributed by atoms with Gasteiger partial charge in [0, 0.05) is 0 Å². The second kappa shape index (κ2) is 15.3. The first-order chi connectivity index (χ1) is 14.2. The number of halogens is 6. The molecule has 0 saturated carbocycles. The number of allylic oxidation sites excluding steroid dienone is 8. The Hall–Kier alpha value is -0.757. The van der Waals surface area contributed by atoms with Gasteiger partial charge in [-0.25, -0.2) is 52.3 Å². The number of alkyl halides is 6. The van der Waals surface area contributed by atoms with Crippen LogP contribution in [0.4, 0.5) is 26.3 Å². The molecule has 0 bridgehead atoms. The minimum absolute atomic E-state index is 0. The maximum absolute atomic E-state index is 10.7. The Kier molecular flexibility index (Phi) is 17.0. The third-order valence-corrected chi connectivity index (χ3v) is 4.52. The van der Waals surface area contributed by atoms with Crippen LogP contribution in [0, 0.1) is 12.2 Å². The largest absolute Gasteiger partial charge is 4.00 e. The summed E-state index contributed by atoms with van der Waals surface area (Å²) in [6.45, 7) is 8.58. The van der Waals surface area contributed by atoms with Gasteiger partial charge in [0.25, 0.3) is 0 Å². The van der Waals surface area contributed by atoms with Crippen LogP contribution in [0.3, 0.4) is 0 Å². The zero-order chi connectivity index (χ0) is 26.0. The van der Waals surface area contributed by atoms with Crippen molar-refractivity contribution >= 4 is 20.2 Å². The average Bonchev–Trinajstić information content (AvgIpc) is 3.21. The SMILES string of the molecule is CCC1=CCC(C)=[C-]1.CCC1=CCC(C)=[C-]1.O=S(=O)([O-])C(F)(F)F.O=S(=O)([O-])C(F)(F)F.[Zr+4]. The van der Waals surface area contributed by atoms with Crippen molar-refractivity contribution in [3.8, 4) is 0 Å². The molecule has 0 aromatic carbocycles. The summed E-state index contributed by atoms with van der Waals surface area (Å²) in [6.07, 6.45) is 15.6. The van der Waals surface area contributed by atoms with E-state index in [0.29, 0.717) is 0 Å². The van der Waals surface area contributed by atoms with Gasteiger partial charge in [0.1, 0.15) is 0 Å². The van der Waals surface area contributed by atoms with E-state index in [1.54, 1.807) is 0 Å². The minimum atomic E-state index is -6.09. The van der Waals surface area contributed by atoms with Gasteiger partial charge in [-0.05, 0) is 0 Å². The predicted octanol–water partition coefficient (Wildman–Crippen LogP) is 5.05. The van der Waals surface area contributed by atoms with E-state index in [-0.39, 0.29) is 26.2 Å². The Balaban J connectivity index is -0.000000360. The van der Waals surface area contributed by atoms with Crippen molar-refractivity contribution in [2.75, 3.05) is 0 Å². The van der Waals surface area contributed by atoms with E-state index in [1.807, 2.05) is 0 Å². The summed E-state index contributed by atoms with van der Waals surface area (Å²) in [6, 6.07) is 0. The summed E-state index contributed by atoms with van der Waals surface area (Å²) in [4.78, 5) is 0. The van der Waals surface area contributed by atoms with Gasteiger partial charge in [0.2, 0.25) is 0 Å². The molecule has 188 valence electrons. The van der Waals surface area contributed by atoms with Crippen molar-refractivity contribution in [2.45, 2.75) is 64.4 Å². The number of hydrogen-bond donors (Lipinski definition) is 0. The molecule has 2 aliphatic carbocycles. The van der Waals surface area contributed by atoms with E-state index in [2.05, 4.69) is 52.0 Å². The molecule has 0 atom stereocenters. The van der Waals surface area contributed by atoms with Gasteiger partial charge in [0.15, 0.2) is 20.2 Å². The van der Waals surface area contributed by atoms with Crippen LogP contribution in [-0.4, -0.2) is 37.0 Å². The molecule has 0 N–H and O–H groups in total. The van der Waals surface area contributed by atoms with Gasteiger partial charge >= 0.3 is 37.2 Å². The smallest absolute Gasteiger partial charge is 0.741 e. The van der Waals surface area contributed by atoms with Crippen LogP contribution >= 0.6 is 0 Å². The molecule has 0 aromatic heterocycles. The molecular weight excluding hydrogens is 582 g/mol. The van der Waals surface area contributed by atoms with Crippen molar-refractivity contribution in [3.05, 3.63) is 46.6 Å². The summed E-state index contributed by atoms with van der Waals surface area (Å²) in [5.41, 5.74) is -5.78. The van der Waals surface area contributed by atoms with E-state index in [1.165, 1.54) is 22.3 Å². The fraction of sp³-hybridized carbons (Fsp3) is 0.556. The van der Waals surface area contributed by atoms with Crippen LogP contribution in [0.2, 0.25) is 0 Å². The minimum Gasteiger partial charge on any atom is -0.741 e. The fourth-order valence-corrected chi connectivity index (χ4v) is 1.77. The zero-order valence-electron chi connectivity index (χ0n) is 18.0. The molecule has 15 heteroatoms. The number of rotatable bonds is 2. The van der Waals surface area contributed by atoms with Crippen molar-refractivity contribution < 1.29 is 78.5 Å². The molecular formula is C18H22F6O6S2Zr. The Bertz CT molecular complexity index is 866. The first-order valence-electron chi connectivity index (χ1n) is 8.76. The summed E-state index contributed by atoms with van der Waals surface area (Å²) < 4.78 is 118. The van der Waals surface area contributed by atoms with E-state index in [4.69, 9.17) is 25.9 Å². The van der Waals surface area contributed by atoms with Gasteiger partial charge in [0.05, 0.1) is 0 Å². The molecule has 0 amide bonds. The molecule has 0 aliphatic heterocycles. The third kappa shape index (κ3) is 17.3. The first-order valence-corrected chi connectivity index (χ1v) is 11.6. The molecule has 2 aliphatic rings. The summed E-state index contributed by atoms with van der Waals surface area (Å²) >= 11 is 0. The Morgan fingerprint density at radius 3 is 1.03 bits per heavy atom.